The summed E-state index contributed by atoms with van der Waals surface area (Å²) in [5.41, 5.74) is 2.27. The Morgan fingerprint density at radius 1 is 1.13 bits per heavy atom. The van der Waals surface area contributed by atoms with Gasteiger partial charge in [0.1, 0.15) is 5.75 Å². The molecule has 7 nitrogen and oxygen atoms in total. The summed E-state index contributed by atoms with van der Waals surface area (Å²) < 4.78 is 6.27. The molecule has 1 aromatic heterocycles. The first-order chi connectivity index (χ1) is 15.1. The molecule has 2 aromatic carbocycles. The maximum Gasteiger partial charge on any atom is 0.247 e. The highest BCUT2D eigenvalue weighted by atomic mass is 32.2. The lowest BCUT2D eigenvalue weighted by atomic mass is 10.1. The third-order valence-corrected chi connectivity index (χ3v) is 5.96. The number of carbonyl (C=O) groups is 1. The number of unbranched alkanes of at least 4 members (excludes halogenated alkanes) is 2. The summed E-state index contributed by atoms with van der Waals surface area (Å²) in [6, 6.07) is 14.2. The Morgan fingerprint density at radius 3 is 2.68 bits per heavy atom. The topological polar surface area (TPSA) is 88.4 Å². The smallest absolute Gasteiger partial charge is 0.247 e. The van der Waals surface area contributed by atoms with Crippen molar-refractivity contribution >= 4 is 23.4 Å². The number of aromatic nitrogens is 3. The molecule has 1 aliphatic heterocycles. The van der Waals surface area contributed by atoms with E-state index in [4.69, 9.17) is 4.74 Å². The van der Waals surface area contributed by atoms with Crippen LogP contribution in [0.25, 0.3) is 11.3 Å². The SMILES string of the molecule is CCCCCSc1nnc2c(n1)O[C@H](c1ccccc1O)N(C(C)=O)c1ccccc1-2. The number of rotatable bonds is 6. The minimum absolute atomic E-state index is 0.0378. The van der Waals surface area contributed by atoms with Gasteiger partial charge in [-0.3, -0.25) is 9.69 Å². The molecule has 0 aliphatic carbocycles. The zero-order valence-corrected chi connectivity index (χ0v) is 18.3. The van der Waals surface area contributed by atoms with Crippen LogP contribution in [-0.4, -0.2) is 31.9 Å². The van der Waals surface area contributed by atoms with Crippen LogP contribution in [0.15, 0.2) is 53.7 Å². The van der Waals surface area contributed by atoms with Gasteiger partial charge < -0.3 is 9.84 Å². The largest absolute Gasteiger partial charge is 0.507 e. The molecule has 0 fully saturated rings. The third-order valence-electron chi connectivity index (χ3n) is 5.03. The van der Waals surface area contributed by atoms with Crippen LogP contribution in [0, 0.1) is 0 Å². The average Bonchev–Trinajstić information content (AvgIpc) is 2.91. The normalized spacial score (nSPS) is 14.9. The van der Waals surface area contributed by atoms with Crippen molar-refractivity contribution in [1.82, 2.24) is 15.2 Å². The molecular formula is C23H24N4O3S. The van der Waals surface area contributed by atoms with Gasteiger partial charge in [-0.25, -0.2) is 0 Å². The number of aromatic hydroxyl groups is 1. The van der Waals surface area contributed by atoms with Crippen LogP contribution in [0.5, 0.6) is 11.6 Å². The number of fused-ring (bicyclic) bond motifs is 3. The van der Waals surface area contributed by atoms with Gasteiger partial charge in [-0.2, -0.15) is 4.98 Å². The molecule has 1 amide bonds. The molecule has 4 rings (SSSR count). The molecular weight excluding hydrogens is 412 g/mol. The Hall–Kier alpha value is -3.13. The monoisotopic (exact) mass is 436 g/mol. The predicted molar refractivity (Wildman–Crippen MR) is 120 cm³/mol. The highest BCUT2D eigenvalue weighted by Crippen LogP contribution is 2.44. The minimum atomic E-state index is -0.893. The summed E-state index contributed by atoms with van der Waals surface area (Å²) in [4.78, 5) is 18.9. The lowest BCUT2D eigenvalue weighted by molar-refractivity contribution is -0.118. The number of nitrogens with zero attached hydrogens (tertiary/aromatic N) is 4. The first-order valence-electron chi connectivity index (χ1n) is 10.3. The van der Waals surface area contributed by atoms with E-state index in [9.17, 15) is 9.90 Å². The van der Waals surface area contributed by atoms with Gasteiger partial charge >= 0.3 is 0 Å². The van der Waals surface area contributed by atoms with Crippen molar-refractivity contribution < 1.29 is 14.6 Å². The van der Waals surface area contributed by atoms with Crippen LogP contribution in [0.1, 0.15) is 44.9 Å². The molecule has 1 atom stereocenters. The van der Waals surface area contributed by atoms with Gasteiger partial charge in [0.05, 0.1) is 11.3 Å². The van der Waals surface area contributed by atoms with Gasteiger partial charge in [-0.1, -0.05) is 61.9 Å². The lowest BCUT2D eigenvalue weighted by Crippen LogP contribution is -2.36. The molecule has 31 heavy (non-hydrogen) atoms. The number of hydrogen-bond donors (Lipinski definition) is 1. The van der Waals surface area contributed by atoms with E-state index >= 15 is 0 Å². The first kappa shape index (κ1) is 21.1. The summed E-state index contributed by atoms with van der Waals surface area (Å²) in [6.45, 7) is 3.63. The number of para-hydroxylation sites is 2. The molecule has 0 unspecified atom stereocenters. The van der Waals surface area contributed by atoms with Crippen LogP contribution in [0.4, 0.5) is 5.69 Å². The van der Waals surface area contributed by atoms with Crippen molar-refractivity contribution in [1.29, 1.82) is 0 Å². The molecule has 160 valence electrons. The molecule has 0 bridgehead atoms. The van der Waals surface area contributed by atoms with E-state index < -0.39 is 6.23 Å². The minimum Gasteiger partial charge on any atom is -0.507 e. The van der Waals surface area contributed by atoms with Gasteiger partial charge in [-0.15, -0.1) is 10.2 Å². The zero-order valence-electron chi connectivity index (χ0n) is 17.5. The molecule has 3 aromatic rings. The summed E-state index contributed by atoms with van der Waals surface area (Å²) >= 11 is 1.53. The number of ether oxygens (including phenoxy) is 1. The quantitative estimate of drug-likeness (QED) is 0.431. The molecule has 2 heterocycles. The van der Waals surface area contributed by atoms with Crippen molar-refractivity contribution in [2.45, 2.75) is 44.5 Å². The first-order valence-corrected chi connectivity index (χ1v) is 11.3. The second kappa shape index (κ2) is 9.34. The maximum atomic E-state index is 12.7. The number of phenolic OH excluding ortho intramolecular Hbond substituents is 1. The average molecular weight is 437 g/mol. The van der Waals surface area contributed by atoms with Gasteiger partial charge in [0.2, 0.25) is 23.2 Å². The van der Waals surface area contributed by atoms with Crippen molar-refractivity contribution in [3.05, 3.63) is 54.1 Å². The third kappa shape index (κ3) is 4.34. The summed E-state index contributed by atoms with van der Waals surface area (Å²) in [6.07, 6.45) is 2.48. The van der Waals surface area contributed by atoms with E-state index in [2.05, 4.69) is 22.1 Å². The van der Waals surface area contributed by atoms with E-state index in [1.54, 1.807) is 24.3 Å². The second-order valence-corrected chi connectivity index (χ2v) is 8.30. The number of benzene rings is 2. The van der Waals surface area contributed by atoms with Crippen molar-refractivity contribution in [3.8, 4) is 22.9 Å². The number of carbonyl (C=O) groups excluding carboxylic acids is 1. The van der Waals surface area contributed by atoms with E-state index in [0.717, 1.165) is 25.0 Å². The number of anilines is 1. The number of amides is 1. The molecule has 0 spiro atoms. The van der Waals surface area contributed by atoms with E-state index in [1.807, 2.05) is 24.3 Å². The molecule has 0 saturated carbocycles. The molecule has 8 heteroatoms. The lowest BCUT2D eigenvalue weighted by Gasteiger charge is -2.30. The van der Waals surface area contributed by atoms with Crippen molar-refractivity contribution in [2.75, 3.05) is 10.7 Å². The highest BCUT2D eigenvalue weighted by molar-refractivity contribution is 7.99. The highest BCUT2D eigenvalue weighted by Gasteiger charge is 2.35. The van der Waals surface area contributed by atoms with Gasteiger partial charge in [0, 0.05) is 18.2 Å². The van der Waals surface area contributed by atoms with Crippen molar-refractivity contribution in [3.63, 3.8) is 0 Å². The standard InChI is InChI=1S/C23H24N4O3S/c1-3-4-9-14-31-23-24-21-20(25-26-23)16-10-5-7-12-18(16)27(15(2)28)22(30-21)17-11-6-8-13-19(17)29/h5-8,10-13,22,29H,3-4,9,14H2,1-2H3/t22-/m1/s1. The van der Waals surface area contributed by atoms with Crippen LogP contribution in [0.2, 0.25) is 0 Å². The van der Waals surface area contributed by atoms with Gasteiger partial charge in [0.15, 0.2) is 5.69 Å². The number of hydrogen-bond acceptors (Lipinski definition) is 7. The number of phenols is 1. The van der Waals surface area contributed by atoms with Crippen molar-refractivity contribution in [2.24, 2.45) is 0 Å². The second-order valence-electron chi connectivity index (χ2n) is 7.24. The fourth-order valence-electron chi connectivity index (χ4n) is 3.53. The Kier molecular flexibility index (Phi) is 6.36. The predicted octanol–water partition coefficient (Wildman–Crippen LogP) is 4.97. The summed E-state index contributed by atoms with van der Waals surface area (Å²) in [5.74, 6) is 0.997. The summed E-state index contributed by atoms with van der Waals surface area (Å²) in [7, 11) is 0. The van der Waals surface area contributed by atoms with Crippen LogP contribution in [-0.2, 0) is 4.79 Å². The van der Waals surface area contributed by atoms with Crippen LogP contribution >= 0.6 is 11.8 Å². The van der Waals surface area contributed by atoms with Gasteiger partial charge in [-0.05, 0) is 24.6 Å². The Morgan fingerprint density at radius 2 is 1.90 bits per heavy atom. The zero-order chi connectivity index (χ0) is 21.8. The fourth-order valence-corrected chi connectivity index (χ4v) is 4.31. The molecule has 0 saturated heterocycles. The fraction of sp³-hybridized carbons (Fsp3) is 0.304. The number of thioether (sulfide) groups is 1. The molecule has 1 N–H and O–H groups in total. The Balaban J connectivity index is 1.82. The Labute approximate surface area is 185 Å². The van der Waals surface area contributed by atoms with E-state index in [-0.39, 0.29) is 17.5 Å². The van der Waals surface area contributed by atoms with E-state index in [0.29, 0.717) is 27.7 Å². The Bertz CT molecular complexity index is 1090. The molecule has 0 radical (unpaired) electrons. The maximum absolute atomic E-state index is 12.7. The van der Waals surface area contributed by atoms with Crippen LogP contribution in [0.3, 0.4) is 0 Å². The molecule has 1 aliphatic rings. The van der Waals surface area contributed by atoms with Crippen LogP contribution < -0.4 is 9.64 Å². The van der Waals surface area contributed by atoms with Gasteiger partial charge in [0.25, 0.3) is 0 Å². The summed E-state index contributed by atoms with van der Waals surface area (Å²) in [5, 5.41) is 19.7. The van der Waals surface area contributed by atoms with E-state index in [1.165, 1.54) is 23.6 Å².